The maximum Gasteiger partial charge on any atom is 0.309 e. The van der Waals surface area contributed by atoms with Crippen molar-refractivity contribution in [2.45, 2.75) is 38.6 Å². The Labute approximate surface area is 163 Å². The Balaban J connectivity index is 1.54. The van der Waals surface area contributed by atoms with Crippen LogP contribution in [0.1, 0.15) is 44.2 Å². The van der Waals surface area contributed by atoms with Gasteiger partial charge in [-0.1, -0.05) is 28.1 Å². The molecule has 1 atom stereocenters. The van der Waals surface area contributed by atoms with Gasteiger partial charge in [-0.15, -0.1) is 0 Å². The first-order valence-corrected chi connectivity index (χ1v) is 10.3. The average Bonchev–Trinajstić information content (AvgIpc) is 3.10. The molecule has 0 aliphatic carbocycles. The molecule has 6 heteroatoms. The number of hydrogen-bond acceptors (Lipinski definition) is 4. The van der Waals surface area contributed by atoms with Crippen molar-refractivity contribution in [3.05, 3.63) is 34.3 Å². The van der Waals surface area contributed by atoms with E-state index in [1.165, 1.54) is 5.56 Å². The number of piperidine rings is 1. The molecule has 2 aliphatic rings. The van der Waals surface area contributed by atoms with Crippen LogP contribution >= 0.6 is 15.9 Å². The lowest BCUT2D eigenvalue weighted by atomic mass is 9.97. The molecular formula is C20H27BrN2O3. The van der Waals surface area contributed by atoms with Crippen LogP contribution in [0.25, 0.3) is 0 Å². The molecule has 0 radical (unpaired) electrons. The van der Waals surface area contributed by atoms with Gasteiger partial charge in [0.1, 0.15) is 0 Å². The highest BCUT2D eigenvalue weighted by Gasteiger charge is 2.32. The summed E-state index contributed by atoms with van der Waals surface area (Å²) in [6.07, 6.45) is 3.63. The topological polar surface area (TPSA) is 49.9 Å². The van der Waals surface area contributed by atoms with Gasteiger partial charge in [0.2, 0.25) is 5.91 Å². The quantitative estimate of drug-likeness (QED) is 0.682. The molecule has 3 rings (SSSR count). The smallest absolute Gasteiger partial charge is 0.309 e. The van der Waals surface area contributed by atoms with Crippen LogP contribution in [0.5, 0.6) is 0 Å². The molecule has 0 spiro atoms. The maximum absolute atomic E-state index is 12.8. The molecule has 142 valence electrons. The van der Waals surface area contributed by atoms with Crippen LogP contribution in [0.3, 0.4) is 0 Å². The summed E-state index contributed by atoms with van der Waals surface area (Å²) in [6, 6.07) is 8.69. The molecule has 5 nitrogen and oxygen atoms in total. The standard InChI is InChI=1S/C20H27BrN2O3/c1-2-26-20(25)15-8-11-22(12-9-15)19(24)14-23-10-4-7-18(23)16-5-3-6-17(21)13-16/h3,5-6,13,15,18H,2,4,7-12,14H2,1H3. The Morgan fingerprint density at radius 2 is 1.96 bits per heavy atom. The lowest BCUT2D eigenvalue weighted by Crippen LogP contribution is -2.45. The minimum absolute atomic E-state index is 0.0554. The molecule has 1 aromatic carbocycles. The van der Waals surface area contributed by atoms with Crippen LogP contribution < -0.4 is 0 Å². The third-order valence-corrected chi connectivity index (χ3v) is 5.90. The van der Waals surface area contributed by atoms with Crippen LogP contribution in [-0.4, -0.2) is 54.5 Å². The normalized spacial score (nSPS) is 21.8. The molecule has 2 saturated heterocycles. The van der Waals surface area contributed by atoms with Gasteiger partial charge in [-0.25, -0.2) is 0 Å². The van der Waals surface area contributed by atoms with E-state index in [1.54, 1.807) is 0 Å². The Hall–Kier alpha value is -1.40. The summed E-state index contributed by atoms with van der Waals surface area (Å²) in [5.41, 5.74) is 1.27. The Morgan fingerprint density at radius 1 is 1.19 bits per heavy atom. The molecule has 1 amide bonds. The summed E-state index contributed by atoms with van der Waals surface area (Å²) in [4.78, 5) is 28.8. The molecule has 0 aromatic heterocycles. The monoisotopic (exact) mass is 422 g/mol. The third kappa shape index (κ3) is 4.65. The summed E-state index contributed by atoms with van der Waals surface area (Å²) in [7, 11) is 0. The Kier molecular flexibility index (Phi) is 6.70. The molecule has 1 aromatic rings. The van der Waals surface area contributed by atoms with Crippen LogP contribution in [0.2, 0.25) is 0 Å². The van der Waals surface area contributed by atoms with E-state index >= 15 is 0 Å². The maximum atomic E-state index is 12.8. The molecule has 1 unspecified atom stereocenters. The van der Waals surface area contributed by atoms with E-state index in [9.17, 15) is 9.59 Å². The van der Waals surface area contributed by atoms with E-state index in [2.05, 4.69) is 39.0 Å². The van der Waals surface area contributed by atoms with Gasteiger partial charge in [-0.2, -0.15) is 0 Å². The van der Waals surface area contributed by atoms with Crippen molar-refractivity contribution in [2.75, 3.05) is 32.8 Å². The number of nitrogens with zero attached hydrogens (tertiary/aromatic N) is 2. The van der Waals surface area contributed by atoms with Gasteiger partial charge in [0.15, 0.2) is 0 Å². The SMILES string of the molecule is CCOC(=O)C1CCN(C(=O)CN2CCCC2c2cccc(Br)c2)CC1. The van der Waals surface area contributed by atoms with E-state index in [0.717, 1.165) is 23.9 Å². The number of hydrogen-bond donors (Lipinski definition) is 0. The van der Waals surface area contributed by atoms with E-state index in [0.29, 0.717) is 45.1 Å². The van der Waals surface area contributed by atoms with Gasteiger partial charge in [0, 0.05) is 23.6 Å². The lowest BCUT2D eigenvalue weighted by molar-refractivity contribution is -0.151. The van der Waals surface area contributed by atoms with Crippen molar-refractivity contribution in [2.24, 2.45) is 5.92 Å². The first-order valence-electron chi connectivity index (χ1n) is 9.52. The summed E-state index contributed by atoms with van der Waals surface area (Å²) >= 11 is 3.54. The number of likely N-dealkylation sites (tertiary alicyclic amines) is 2. The van der Waals surface area contributed by atoms with Gasteiger partial charge in [-0.05, 0) is 56.8 Å². The highest BCUT2D eigenvalue weighted by atomic mass is 79.9. The van der Waals surface area contributed by atoms with Crippen molar-refractivity contribution < 1.29 is 14.3 Å². The fourth-order valence-corrected chi connectivity index (χ4v) is 4.42. The number of amides is 1. The van der Waals surface area contributed by atoms with Gasteiger partial charge < -0.3 is 9.64 Å². The fourth-order valence-electron chi connectivity index (χ4n) is 4.01. The summed E-state index contributed by atoms with van der Waals surface area (Å²) in [6.45, 7) is 4.97. The summed E-state index contributed by atoms with van der Waals surface area (Å²) < 4.78 is 6.18. The highest BCUT2D eigenvalue weighted by Crippen LogP contribution is 2.33. The minimum atomic E-state index is -0.117. The molecule has 2 heterocycles. The van der Waals surface area contributed by atoms with E-state index < -0.39 is 0 Å². The molecule has 26 heavy (non-hydrogen) atoms. The Bertz CT molecular complexity index is 644. The van der Waals surface area contributed by atoms with Crippen LogP contribution in [0, 0.1) is 5.92 Å². The molecule has 0 bridgehead atoms. The second-order valence-corrected chi connectivity index (χ2v) is 8.01. The first-order chi connectivity index (χ1) is 12.6. The van der Waals surface area contributed by atoms with Crippen molar-refractivity contribution in [1.29, 1.82) is 0 Å². The molecular weight excluding hydrogens is 396 g/mol. The number of ether oxygens (including phenoxy) is 1. The highest BCUT2D eigenvalue weighted by molar-refractivity contribution is 9.10. The number of halogens is 1. The fraction of sp³-hybridized carbons (Fsp3) is 0.600. The lowest BCUT2D eigenvalue weighted by Gasteiger charge is -2.33. The van der Waals surface area contributed by atoms with Gasteiger partial charge >= 0.3 is 5.97 Å². The number of benzene rings is 1. The van der Waals surface area contributed by atoms with Gasteiger partial charge in [0.05, 0.1) is 19.1 Å². The summed E-state index contributed by atoms with van der Waals surface area (Å²) in [5.74, 6) is 0.00303. The molecule has 2 aliphatic heterocycles. The average molecular weight is 423 g/mol. The van der Waals surface area contributed by atoms with Crippen molar-refractivity contribution >= 4 is 27.8 Å². The second kappa shape index (κ2) is 9.00. The van der Waals surface area contributed by atoms with Crippen LogP contribution in [0.4, 0.5) is 0 Å². The van der Waals surface area contributed by atoms with Gasteiger partial charge in [0.25, 0.3) is 0 Å². The zero-order valence-corrected chi connectivity index (χ0v) is 16.9. The van der Waals surface area contributed by atoms with Crippen LogP contribution in [0.15, 0.2) is 28.7 Å². The zero-order chi connectivity index (χ0) is 18.5. The number of carbonyl (C=O) groups is 2. The summed E-state index contributed by atoms with van der Waals surface area (Å²) in [5, 5.41) is 0. The van der Waals surface area contributed by atoms with E-state index in [-0.39, 0.29) is 17.8 Å². The largest absolute Gasteiger partial charge is 0.466 e. The number of carbonyl (C=O) groups excluding carboxylic acids is 2. The second-order valence-electron chi connectivity index (χ2n) is 7.09. The predicted molar refractivity (Wildman–Crippen MR) is 104 cm³/mol. The van der Waals surface area contributed by atoms with Crippen molar-refractivity contribution in [1.82, 2.24) is 9.80 Å². The van der Waals surface area contributed by atoms with E-state index in [1.807, 2.05) is 17.9 Å². The number of rotatable bonds is 5. The van der Waals surface area contributed by atoms with E-state index in [4.69, 9.17) is 4.74 Å². The van der Waals surface area contributed by atoms with Crippen LogP contribution in [-0.2, 0) is 14.3 Å². The first kappa shape index (κ1) is 19.4. The Morgan fingerprint density at radius 3 is 2.65 bits per heavy atom. The third-order valence-electron chi connectivity index (χ3n) is 5.40. The molecule has 2 fully saturated rings. The molecule has 0 N–H and O–H groups in total. The number of esters is 1. The van der Waals surface area contributed by atoms with Crippen molar-refractivity contribution in [3.8, 4) is 0 Å². The van der Waals surface area contributed by atoms with Gasteiger partial charge in [-0.3, -0.25) is 14.5 Å². The van der Waals surface area contributed by atoms with Crippen molar-refractivity contribution in [3.63, 3.8) is 0 Å². The minimum Gasteiger partial charge on any atom is -0.466 e. The predicted octanol–water partition coefficient (Wildman–Crippen LogP) is 3.39. The molecule has 0 saturated carbocycles. The zero-order valence-electron chi connectivity index (χ0n) is 15.3.